The fourth-order valence-electron chi connectivity index (χ4n) is 2.44. The quantitative estimate of drug-likeness (QED) is 0.744. The van der Waals surface area contributed by atoms with Crippen LogP contribution in [-0.2, 0) is 25.3 Å². The van der Waals surface area contributed by atoms with Crippen LogP contribution in [0.25, 0.3) is 0 Å². The van der Waals surface area contributed by atoms with E-state index in [4.69, 9.17) is 11.6 Å². The van der Waals surface area contributed by atoms with Gasteiger partial charge in [0.2, 0.25) is 0 Å². The first kappa shape index (κ1) is 11.7. The normalized spacial score (nSPS) is 14.5. The zero-order chi connectivity index (χ0) is 11.7. The summed E-state index contributed by atoms with van der Waals surface area (Å²) in [6, 6.07) is 2.01. The molecule has 2 rings (SSSR count). The molecule has 2 nitrogen and oxygen atoms in total. The Morgan fingerprint density at radius 1 is 1.44 bits per heavy atom. The number of halogens is 1. The predicted octanol–water partition coefficient (Wildman–Crippen LogP) is 2.73. The van der Waals surface area contributed by atoms with Gasteiger partial charge in [0.25, 0.3) is 5.56 Å². The molecule has 0 N–H and O–H groups in total. The highest BCUT2D eigenvalue weighted by molar-refractivity contribution is 6.17. The number of aromatic nitrogens is 1. The monoisotopic (exact) mass is 239 g/mol. The van der Waals surface area contributed by atoms with Gasteiger partial charge in [-0.1, -0.05) is 13.8 Å². The molecule has 88 valence electrons. The highest BCUT2D eigenvalue weighted by Crippen LogP contribution is 2.22. The summed E-state index contributed by atoms with van der Waals surface area (Å²) in [5, 5.41) is 0. The molecule has 1 aliphatic carbocycles. The summed E-state index contributed by atoms with van der Waals surface area (Å²) in [6.45, 7) is 5.09. The zero-order valence-corrected chi connectivity index (χ0v) is 10.7. The Morgan fingerprint density at radius 2 is 2.19 bits per heavy atom. The Morgan fingerprint density at radius 3 is 2.81 bits per heavy atom. The maximum Gasteiger partial charge on any atom is 0.255 e. The molecule has 0 amide bonds. The van der Waals surface area contributed by atoms with Crippen LogP contribution in [0.15, 0.2) is 10.9 Å². The first-order valence-electron chi connectivity index (χ1n) is 5.94. The van der Waals surface area contributed by atoms with Crippen LogP contribution in [0.1, 0.15) is 37.1 Å². The van der Waals surface area contributed by atoms with E-state index >= 15 is 0 Å². The lowest BCUT2D eigenvalue weighted by molar-refractivity contribution is 0.496. The van der Waals surface area contributed by atoms with E-state index in [1.807, 2.05) is 10.6 Å². The Balaban J connectivity index is 2.55. The third-order valence-corrected chi connectivity index (χ3v) is 3.40. The molecule has 1 aliphatic rings. The average Bonchev–Trinajstić information content (AvgIpc) is 2.69. The molecule has 3 heteroatoms. The van der Waals surface area contributed by atoms with Crippen molar-refractivity contribution in [2.75, 3.05) is 0 Å². The number of pyridine rings is 1. The third-order valence-electron chi connectivity index (χ3n) is 3.12. The van der Waals surface area contributed by atoms with E-state index in [0.29, 0.717) is 11.8 Å². The van der Waals surface area contributed by atoms with Gasteiger partial charge in [-0.05, 0) is 36.8 Å². The van der Waals surface area contributed by atoms with Crippen LogP contribution in [0.5, 0.6) is 0 Å². The average molecular weight is 240 g/mol. The van der Waals surface area contributed by atoms with E-state index in [1.165, 1.54) is 17.7 Å². The van der Waals surface area contributed by atoms with E-state index < -0.39 is 0 Å². The molecular weight excluding hydrogens is 222 g/mol. The summed E-state index contributed by atoms with van der Waals surface area (Å²) < 4.78 is 1.95. The number of rotatable bonds is 3. The Bertz CT molecular complexity index is 448. The van der Waals surface area contributed by atoms with Crippen molar-refractivity contribution in [1.82, 2.24) is 4.57 Å². The maximum absolute atomic E-state index is 12.2. The first-order valence-corrected chi connectivity index (χ1v) is 6.47. The minimum Gasteiger partial charge on any atom is -0.312 e. The number of hydrogen-bond acceptors (Lipinski definition) is 1. The SMILES string of the molecule is CC(C)Cn1c2c(cc(CCl)c1=O)CCC2. The topological polar surface area (TPSA) is 22.0 Å². The lowest BCUT2D eigenvalue weighted by atomic mass is 10.1. The molecule has 1 heterocycles. The van der Waals surface area contributed by atoms with Gasteiger partial charge in [0.15, 0.2) is 0 Å². The van der Waals surface area contributed by atoms with Gasteiger partial charge in [-0.3, -0.25) is 4.79 Å². The Labute approximate surface area is 101 Å². The van der Waals surface area contributed by atoms with Crippen LogP contribution in [-0.4, -0.2) is 4.57 Å². The van der Waals surface area contributed by atoms with Crippen molar-refractivity contribution >= 4 is 11.6 Å². The number of nitrogens with zero attached hydrogens (tertiary/aromatic N) is 1. The molecule has 16 heavy (non-hydrogen) atoms. The summed E-state index contributed by atoms with van der Waals surface area (Å²) in [7, 11) is 0. The maximum atomic E-state index is 12.2. The van der Waals surface area contributed by atoms with Crippen molar-refractivity contribution in [2.45, 2.75) is 45.5 Å². The Kier molecular flexibility index (Phi) is 3.38. The molecule has 0 fully saturated rings. The van der Waals surface area contributed by atoms with E-state index in [2.05, 4.69) is 13.8 Å². The van der Waals surface area contributed by atoms with E-state index in [9.17, 15) is 4.79 Å². The molecule has 0 saturated heterocycles. The van der Waals surface area contributed by atoms with E-state index in [0.717, 1.165) is 24.9 Å². The summed E-state index contributed by atoms with van der Waals surface area (Å²) in [4.78, 5) is 12.2. The number of hydrogen-bond donors (Lipinski definition) is 0. The minimum atomic E-state index is 0.115. The van der Waals surface area contributed by atoms with E-state index in [1.54, 1.807) is 0 Å². The molecule has 1 aromatic heterocycles. The fourth-order valence-corrected chi connectivity index (χ4v) is 2.63. The molecule has 1 aromatic rings. The van der Waals surface area contributed by atoms with Crippen LogP contribution >= 0.6 is 11.6 Å². The van der Waals surface area contributed by atoms with Crippen LogP contribution in [0.3, 0.4) is 0 Å². The Hall–Kier alpha value is -0.760. The first-order chi connectivity index (χ1) is 7.63. The van der Waals surface area contributed by atoms with Crippen molar-refractivity contribution in [1.29, 1.82) is 0 Å². The van der Waals surface area contributed by atoms with Crippen molar-refractivity contribution in [3.8, 4) is 0 Å². The lowest BCUT2D eigenvalue weighted by Gasteiger charge is -2.15. The standard InChI is InChI=1S/C13H18ClNO/c1-9(2)8-15-12-5-3-4-10(12)6-11(7-14)13(15)16/h6,9H,3-5,7-8H2,1-2H3. The van der Waals surface area contributed by atoms with Crippen LogP contribution in [0, 0.1) is 5.92 Å². The van der Waals surface area contributed by atoms with Gasteiger partial charge in [-0.2, -0.15) is 0 Å². The molecule has 0 aliphatic heterocycles. The fraction of sp³-hybridized carbons (Fsp3) is 0.615. The van der Waals surface area contributed by atoms with Gasteiger partial charge >= 0.3 is 0 Å². The van der Waals surface area contributed by atoms with Gasteiger partial charge in [-0.15, -0.1) is 11.6 Å². The third kappa shape index (κ3) is 2.03. The summed E-state index contributed by atoms with van der Waals surface area (Å²) in [6.07, 6.45) is 3.30. The van der Waals surface area contributed by atoms with Crippen LogP contribution < -0.4 is 5.56 Å². The van der Waals surface area contributed by atoms with Gasteiger partial charge in [0.05, 0.1) is 5.88 Å². The molecule has 0 atom stereocenters. The molecule has 0 radical (unpaired) electrons. The molecule has 0 spiro atoms. The van der Waals surface area contributed by atoms with Crippen LogP contribution in [0.2, 0.25) is 0 Å². The van der Waals surface area contributed by atoms with E-state index in [-0.39, 0.29) is 5.56 Å². The highest BCUT2D eigenvalue weighted by Gasteiger charge is 2.18. The second kappa shape index (κ2) is 4.62. The largest absolute Gasteiger partial charge is 0.312 e. The molecular formula is C13H18ClNO. The van der Waals surface area contributed by atoms with Crippen molar-refractivity contribution in [3.05, 3.63) is 33.2 Å². The lowest BCUT2D eigenvalue weighted by Crippen LogP contribution is -2.28. The second-order valence-corrected chi connectivity index (χ2v) is 5.21. The number of aryl methyl sites for hydroxylation is 1. The van der Waals surface area contributed by atoms with Gasteiger partial charge in [0, 0.05) is 17.8 Å². The molecule has 0 bridgehead atoms. The van der Waals surface area contributed by atoms with Gasteiger partial charge in [0.1, 0.15) is 0 Å². The predicted molar refractivity (Wildman–Crippen MR) is 67.1 cm³/mol. The molecule has 0 aromatic carbocycles. The summed E-state index contributed by atoms with van der Waals surface area (Å²) >= 11 is 5.83. The minimum absolute atomic E-state index is 0.115. The van der Waals surface area contributed by atoms with Crippen molar-refractivity contribution in [2.24, 2.45) is 5.92 Å². The van der Waals surface area contributed by atoms with Crippen molar-refractivity contribution < 1.29 is 0 Å². The number of fused-ring (bicyclic) bond motifs is 1. The van der Waals surface area contributed by atoms with Gasteiger partial charge in [-0.25, -0.2) is 0 Å². The summed E-state index contributed by atoms with van der Waals surface area (Å²) in [5.74, 6) is 0.817. The number of alkyl halides is 1. The smallest absolute Gasteiger partial charge is 0.255 e. The summed E-state index contributed by atoms with van der Waals surface area (Å²) in [5.41, 5.74) is 3.44. The molecule has 0 unspecified atom stereocenters. The van der Waals surface area contributed by atoms with Crippen LogP contribution in [0.4, 0.5) is 0 Å². The van der Waals surface area contributed by atoms with Crippen molar-refractivity contribution in [3.63, 3.8) is 0 Å². The zero-order valence-electron chi connectivity index (χ0n) is 9.92. The van der Waals surface area contributed by atoms with Gasteiger partial charge < -0.3 is 4.57 Å². The highest BCUT2D eigenvalue weighted by atomic mass is 35.5. The second-order valence-electron chi connectivity index (χ2n) is 4.94. The molecule has 0 saturated carbocycles.